The van der Waals surface area contributed by atoms with E-state index in [1.165, 1.54) is 99.8 Å². The van der Waals surface area contributed by atoms with Crippen molar-refractivity contribution in [1.82, 2.24) is 0 Å². The third kappa shape index (κ3) is 6.24. The normalized spacial score (nSPS) is 13.6. The highest BCUT2D eigenvalue weighted by Gasteiger charge is 2.46. The van der Waals surface area contributed by atoms with Gasteiger partial charge in [0.2, 0.25) is 0 Å². The molecule has 0 spiro atoms. The fraction of sp³-hybridized carbons (Fsp3) is 0.0588. The molecule has 0 saturated carbocycles. The number of nitrogens with zero attached hydrogens (tertiary/aromatic N) is 1. The van der Waals surface area contributed by atoms with E-state index in [1.54, 1.807) is 0 Å². The summed E-state index contributed by atoms with van der Waals surface area (Å²) in [5, 5.41) is 2.60. The number of hydrogen-bond acceptors (Lipinski definition) is 1. The lowest BCUT2D eigenvalue weighted by Crippen LogP contribution is -2.28. The summed E-state index contributed by atoms with van der Waals surface area (Å²) in [6.07, 6.45) is 0. The Morgan fingerprint density at radius 1 is 0.290 bits per heavy atom. The lowest BCUT2D eigenvalue weighted by Gasteiger charge is -2.35. The summed E-state index contributed by atoms with van der Waals surface area (Å²) in [5.74, 6) is 0. The fourth-order valence-corrected chi connectivity index (χ4v) is 12.2. The van der Waals surface area contributed by atoms with E-state index in [-0.39, 0.29) is 5.41 Å². The highest BCUT2D eigenvalue weighted by atomic mass is 15.1. The molecule has 0 unspecified atom stereocenters. The average Bonchev–Trinajstić information content (AvgIpc) is 3.85. The topological polar surface area (TPSA) is 3.24 Å². The second-order valence-corrected chi connectivity index (χ2v) is 19.1. The van der Waals surface area contributed by atoms with Crippen molar-refractivity contribution in [3.05, 3.63) is 294 Å². The standard InChI is InChI=1S/C68H49N/c1-67(2)60-33-19-18-32-59(60)65-64(63(48-23-9-4-10-24-48)57-30-15-16-31-58(57)66(65)67)49-37-41-53(42-38-49)69(52-39-35-47(36-40-52)46-21-7-3-8-22-46)54-43-44-56-55-29-17-20-34-61(55)68(62(56)45-54,50-25-11-5-12-26-50)51-27-13-6-14-28-51/h3-45H,1-2H3. The molecule has 11 aromatic rings. The molecule has 0 aliphatic heterocycles. The molecule has 1 nitrogen and oxygen atoms in total. The van der Waals surface area contributed by atoms with Gasteiger partial charge in [0, 0.05) is 22.5 Å². The van der Waals surface area contributed by atoms with Crippen molar-refractivity contribution < 1.29 is 0 Å². The van der Waals surface area contributed by atoms with Crippen molar-refractivity contribution in [2.75, 3.05) is 4.90 Å². The molecule has 326 valence electrons. The molecular weight excluding hydrogens is 831 g/mol. The van der Waals surface area contributed by atoms with Crippen molar-refractivity contribution in [2.45, 2.75) is 24.7 Å². The number of benzene rings is 11. The zero-order valence-electron chi connectivity index (χ0n) is 38.8. The summed E-state index contributed by atoms with van der Waals surface area (Å²) in [7, 11) is 0. The maximum Gasteiger partial charge on any atom is 0.0714 e. The maximum atomic E-state index is 2.47. The molecule has 2 aliphatic carbocycles. The monoisotopic (exact) mass is 879 g/mol. The first kappa shape index (κ1) is 40.7. The van der Waals surface area contributed by atoms with Gasteiger partial charge in [-0.1, -0.05) is 238 Å². The first-order valence-corrected chi connectivity index (χ1v) is 24.2. The van der Waals surface area contributed by atoms with Gasteiger partial charge in [0.25, 0.3) is 0 Å². The maximum absolute atomic E-state index is 2.47. The van der Waals surface area contributed by atoms with Crippen LogP contribution in [-0.4, -0.2) is 0 Å². The zero-order valence-corrected chi connectivity index (χ0v) is 38.8. The van der Waals surface area contributed by atoms with Crippen LogP contribution in [0.15, 0.2) is 261 Å². The quantitative estimate of drug-likeness (QED) is 0.147. The molecule has 0 saturated heterocycles. The van der Waals surface area contributed by atoms with Gasteiger partial charge in [-0.05, 0) is 136 Å². The first-order chi connectivity index (χ1) is 34.0. The van der Waals surface area contributed by atoms with Crippen LogP contribution in [0.2, 0.25) is 0 Å². The van der Waals surface area contributed by atoms with E-state index in [4.69, 9.17) is 0 Å². The molecule has 0 N–H and O–H groups in total. The molecule has 0 fully saturated rings. The van der Waals surface area contributed by atoms with Crippen LogP contribution in [0.5, 0.6) is 0 Å². The zero-order chi connectivity index (χ0) is 46.1. The van der Waals surface area contributed by atoms with Crippen LogP contribution in [0.25, 0.3) is 66.4 Å². The number of hydrogen-bond donors (Lipinski definition) is 0. The minimum Gasteiger partial charge on any atom is -0.310 e. The Labute approximate surface area is 405 Å². The Morgan fingerprint density at radius 3 is 1.35 bits per heavy atom. The highest BCUT2D eigenvalue weighted by molar-refractivity contribution is 6.14. The van der Waals surface area contributed by atoms with Crippen LogP contribution in [0.1, 0.15) is 47.2 Å². The molecule has 69 heavy (non-hydrogen) atoms. The van der Waals surface area contributed by atoms with Gasteiger partial charge in [-0.2, -0.15) is 0 Å². The third-order valence-corrected chi connectivity index (χ3v) is 15.1. The summed E-state index contributed by atoms with van der Waals surface area (Å²) >= 11 is 0. The minimum atomic E-state index is -0.522. The first-order valence-electron chi connectivity index (χ1n) is 24.2. The van der Waals surface area contributed by atoms with Crippen LogP contribution >= 0.6 is 0 Å². The second-order valence-electron chi connectivity index (χ2n) is 19.1. The summed E-state index contributed by atoms with van der Waals surface area (Å²) < 4.78 is 0. The van der Waals surface area contributed by atoms with Crippen LogP contribution < -0.4 is 4.90 Å². The van der Waals surface area contributed by atoms with E-state index in [0.717, 1.165) is 17.1 Å². The van der Waals surface area contributed by atoms with Gasteiger partial charge in [-0.25, -0.2) is 0 Å². The highest BCUT2D eigenvalue weighted by Crippen LogP contribution is 2.59. The van der Waals surface area contributed by atoms with Crippen molar-refractivity contribution in [3.8, 4) is 55.6 Å². The van der Waals surface area contributed by atoms with Gasteiger partial charge in [-0.15, -0.1) is 0 Å². The minimum absolute atomic E-state index is 0.180. The predicted octanol–water partition coefficient (Wildman–Crippen LogP) is 18.0. The molecule has 0 aromatic heterocycles. The Bertz CT molecular complexity index is 3660. The number of rotatable bonds is 8. The van der Waals surface area contributed by atoms with Gasteiger partial charge in [0.15, 0.2) is 0 Å². The SMILES string of the molecule is CC1(C)c2ccccc2-c2c(-c3ccc(N(c4ccc(-c5ccccc5)cc4)c4ccc5c(c4)C(c4ccccc4)(c4ccccc4)c4ccccc4-5)cc3)c(-c3ccccc3)c3ccccc3c21. The molecule has 2 aliphatic rings. The largest absolute Gasteiger partial charge is 0.310 e. The summed E-state index contributed by atoms with van der Waals surface area (Å²) in [4.78, 5) is 2.45. The molecule has 0 heterocycles. The fourth-order valence-electron chi connectivity index (χ4n) is 12.2. The van der Waals surface area contributed by atoms with Gasteiger partial charge in [-0.3, -0.25) is 0 Å². The summed E-state index contributed by atoms with van der Waals surface area (Å²) in [6.45, 7) is 4.80. The molecular formula is C68H49N. The third-order valence-electron chi connectivity index (χ3n) is 15.1. The van der Waals surface area contributed by atoms with Crippen LogP contribution in [0.3, 0.4) is 0 Å². The number of anilines is 3. The van der Waals surface area contributed by atoms with E-state index in [1.807, 2.05) is 0 Å². The van der Waals surface area contributed by atoms with Crippen LogP contribution in [0, 0.1) is 0 Å². The summed E-state index contributed by atoms with van der Waals surface area (Å²) in [6, 6.07) is 96.6. The van der Waals surface area contributed by atoms with Crippen LogP contribution in [-0.2, 0) is 10.8 Å². The average molecular weight is 880 g/mol. The van der Waals surface area contributed by atoms with Crippen LogP contribution in [0.4, 0.5) is 17.1 Å². The predicted molar refractivity (Wildman–Crippen MR) is 290 cm³/mol. The Morgan fingerprint density at radius 2 is 0.725 bits per heavy atom. The molecule has 1 heteroatoms. The van der Waals surface area contributed by atoms with E-state index in [2.05, 4.69) is 280 Å². The molecule has 0 atom stereocenters. The van der Waals surface area contributed by atoms with E-state index in [9.17, 15) is 0 Å². The smallest absolute Gasteiger partial charge is 0.0714 e. The molecule has 13 rings (SSSR count). The molecule has 0 radical (unpaired) electrons. The van der Waals surface area contributed by atoms with Crippen molar-refractivity contribution in [3.63, 3.8) is 0 Å². The van der Waals surface area contributed by atoms with Crippen molar-refractivity contribution in [1.29, 1.82) is 0 Å². The second kappa shape index (κ2) is 16.1. The Balaban J connectivity index is 1.04. The van der Waals surface area contributed by atoms with Gasteiger partial charge in [0.1, 0.15) is 0 Å². The molecule has 0 amide bonds. The molecule has 11 aromatic carbocycles. The molecule has 0 bridgehead atoms. The lowest BCUT2D eigenvalue weighted by molar-refractivity contribution is 0.666. The Hall–Kier alpha value is -8.52. The van der Waals surface area contributed by atoms with Gasteiger partial charge >= 0.3 is 0 Å². The van der Waals surface area contributed by atoms with Gasteiger partial charge < -0.3 is 4.90 Å². The van der Waals surface area contributed by atoms with E-state index in [0.29, 0.717) is 0 Å². The van der Waals surface area contributed by atoms with Crippen molar-refractivity contribution >= 4 is 27.8 Å². The van der Waals surface area contributed by atoms with E-state index >= 15 is 0 Å². The van der Waals surface area contributed by atoms with Gasteiger partial charge in [0.05, 0.1) is 5.41 Å². The summed E-state index contributed by atoms with van der Waals surface area (Å²) in [5.41, 5.74) is 23.0. The van der Waals surface area contributed by atoms with Crippen molar-refractivity contribution in [2.24, 2.45) is 0 Å². The number of fused-ring (bicyclic) bond motifs is 8. The van der Waals surface area contributed by atoms with E-state index < -0.39 is 5.41 Å². The lowest BCUT2D eigenvalue weighted by atomic mass is 9.67. The Kier molecular flexibility index (Phi) is 9.49.